The molecule has 0 saturated heterocycles. The Bertz CT molecular complexity index is 1410. The summed E-state index contributed by atoms with van der Waals surface area (Å²) in [4.78, 5) is 33.0. The minimum Gasteiger partial charge on any atom is -0.493 e. The highest BCUT2D eigenvalue weighted by Gasteiger charge is 2.19. The lowest BCUT2D eigenvalue weighted by Crippen LogP contribution is -2.10. The van der Waals surface area contributed by atoms with Gasteiger partial charge in [0.1, 0.15) is 22.1 Å². The molecular formula is C26H24N2O5S. The second-order valence-corrected chi connectivity index (χ2v) is 8.42. The number of methoxy groups -OCH3 is 1. The Morgan fingerprint density at radius 2 is 1.91 bits per heavy atom. The first-order valence-electron chi connectivity index (χ1n) is 10.7. The lowest BCUT2D eigenvalue weighted by atomic mass is 10.1. The van der Waals surface area contributed by atoms with Gasteiger partial charge in [-0.1, -0.05) is 42.5 Å². The van der Waals surface area contributed by atoms with Crippen LogP contribution in [0.5, 0.6) is 11.5 Å². The fourth-order valence-electron chi connectivity index (χ4n) is 3.45. The number of hydrogen-bond acceptors (Lipinski definition) is 7. The molecule has 0 aliphatic heterocycles. The molecule has 8 heteroatoms. The summed E-state index contributed by atoms with van der Waals surface area (Å²) >= 11 is 1.16. The fourth-order valence-corrected chi connectivity index (χ4v) is 4.53. The van der Waals surface area contributed by atoms with Crippen LogP contribution in [-0.2, 0) is 11.3 Å². The van der Waals surface area contributed by atoms with E-state index in [1.807, 2.05) is 54.6 Å². The second kappa shape index (κ2) is 10.4. The molecular weight excluding hydrogens is 452 g/mol. The van der Waals surface area contributed by atoms with E-state index in [-0.39, 0.29) is 12.2 Å². The first kappa shape index (κ1) is 23.3. The van der Waals surface area contributed by atoms with E-state index < -0.39 is 5.97 Å². The molecule has 174 valence electrons. The first-order valence-corrected chi connectivity index (χ1v) is 11.5. The minimum atomic E-state index is -0.444. The summed E-state index contributed by atoms with van der Waals surface area (Å²) in [5.74, 6) is 1.18. The molecule has 0 radical (unpaired) electrons. The molecule has 0 atom stereocenters. The SMILES string of the molecule is CCOC(=O)c1sc2nc(/C=C/c3ccc(OC)c(OCc4ccccc4)c3)[nH]c(=O)c2c1C. The van der Waals surface area contributed by atoms with Crippen molar-refractivity contribution in [2.24, 2.45) is 0 Å². The summed E-state index contributed by atoms with van der Waals surface area (Å²) in [6, 6.07) is 15.4. The van der Waals surface area contributed by atoms with Gasteiger partial charge in [-0.2, -0.15) is 0 Å². The number of H-pyrrole nitrogens is 1. The van der Waals surface area contributed by atoms with E-state index in [9.17, 15) is 9.59 Å². The first-order chi connectivity index (χ1) is 16.5. The van der Waals surface area contributed by atoms with Crippen LogP contribution < -0.4 is 15.0 Å². The average Bonchev–Trinajstić information content (AvgIpc) is 3.19. The summed E-state index contributed by atoms with van der Waals surface area (Å²) in [5.41, 5.74) is 2.18. The summed E-state index contributed by atoms with van der Waals surface area (Å²) in [6.07, 6.45) is 3.54. The number of nitrogens with zero attached hydrogens (tertiary/aromatic N) is 1. The Morgan fingerprint density at radius 3 is 2.65 bits per heavy atom. The van der Waals surface area contributed by atoms with Crippen LogP contribution in [-0.4, -0.2) is 29.7 Å². The van der Waals surface area contributed by atoms with Crippen molar-refractivity contribution in [1.29, 1.82) is 0 Å². The van der Waals surface area contributed by atoms with Gasteiger partial charge in [0.25, 0.3) is 5.56 Å². The topological polar surface area (TPSA) is 90.5 Å². The van der Waals surface area contributed by atoms with Crippen molar-refractivity contribution < 1.29 is 19.0 Å². The van der Waals surface area contributed by atoms with Crippen LogP contribution in [0.1, 0.15) is 39.1 Å². The highest BCUT2D eigenvalue weighted by atomic mass is 32.1. The molecule has 2 aromatic heterocycles. The maximum Gasteiger partial charge on any atom is 0.348 e. The van der Waals surface area contributed by atoms with Crippen LogP contribution in [0.4, 0.5) is 0 Å². The van der Waals surface area contributed by atoms with Crippen LogP contribution in [0.2, 0.25) is 0 Å². The van der Waals surface area contributed by atoms with Crippen LogP contribution in [0.25, 0.3) is 22.4 Å². The predicted molar refractivity (Wildman–Crippen MR) is 134 cm³/mol. The molecule has 0 fully saturated rings. The van der Waals surface area contributed by atoms with Gasteiger partial charge in [0.2, 0.25) is 0 Å². The number of benzene rings is 2. The molecule has 4 rings (SSSR count). The van der Waals surface area contributed by atoms with Gasteiger partial charge in [0.05, 0.1) is 19.1 Å². The molecule has 0 aliphatic rings. The summed E-state index contributed by atoms with van der Waals surface area (Å²) < 4.78 is 16.5. The van der Waals surface area contributed by atoms with Crippen molar-refractivity contribution in [3.05, 3.63) is 86.3 Å². The average molecular weight is 477 g/mol. The minimum absolute atomic E-state index is 0.267. The van der Waals surface area contributed by atoms with Crippen molar-refractivity contribution in [2.45, 2.75) is 20.5 Å². The normalized spacial score (nSPS) is 11.1. The molecule has 34 heavy (non-hydrogen) atoms. The number of rotatable bonds is 8. The van der Waals surface area contributed by atoms with Gasteiger partial charge in [-0.15, -0.1) is 11.3 Å². The molecule has 1 N–H and O–H groups in total. The van der Waals surface area contributed by atoms with Crippen molar-refractivity contribution in [3.63, 3.8) is 0 Å². The highest BCUT2D eigenvalue weighted by Crippen LogP contribution is 2.30. The Hall–Kier alpha value is -3.91. The lowest BCUT2D eigenvalue weighted by Gasteiger charge is -2.11. The van der Waals surface area contributed by atoms with Gasteiger partial charge in [0.15, 0.2) is 11.5 Å². The van der Waals surface area contributed by atoms with Crippen LogP contribution in [0.15, 0.2) is 53.3 Å². The van der Waals surface area contributed by atoms with E-state index in [0.717, 1.165) is 22.5 Å². The van der Waals surface area contributed by atoms with E-state index in [0.29, 0.717) is 44.6 Å². The van der Waals surface area contributed by atoms with Crippen molar-refractivity contribution in [2.75, 3.05) is 13.7 Å². The van der Waals surface area contributed by atoms with Gasteiger partial charge in [-0.25, -0.2) is 9.78 Å². The predicted octanol–water partition coefficient (Wildman–Crippen LogP) is 5.23. The van der Waals surface area contributed by atoms with Crippen LogP contribution in [0, 0.1) is 6.92 Å². The maximum absolute atomic E-state index is 12.7. The molecule has 0 saturated carbocycles. The van der Waals surface area contributed by atoms with E-state index in [1.165, 1.54) is 0 Å². The monoisotopic (exact) mass is 476 g/mol. The van der Waals surface area contributed by atoms with Gasteiger partial charge < -0.3 is 19.2 Å². The largest absolute Gasteiger partial charge is 0.493 e. The quantitative estimate of drug-likeness (QED) is 0.350. The van der Waals surface area contributed by atoms with Gasteiger partial charge in [-0.3, -0.25) is 4.79 Å². The smallest absolute Gasteiger partial charge is 0.348 e. The third-order valence-electron chi connectivity index (χ3n) is 5.14. The Labute approximate surface area is 200 Å². The Morgan fingerprint density at radius 1 is 1.12 bits per heavy atom. The number of fused-ring (bicyclic) bond motifs is 1. The number of aromatic amines is 1. The number of hydrogen-bond donors (Lipinski definition) is 1. The highest BCUT2D eigenvalue weighted by molar-refractivity contribution is 7.20. The van der Waals surface area contributed by atoms with E-state index in [2.05, 4.69) is 9.97 Å². The van der Waals surface area contributed by atoms with Crippen molar-refractivity contribution in [3.8, 4) is 11.5 Å². The summed E-state index contributed by atoms with van der Waals surface area (Å²) in [5, 5.41) is 0.409. The van der Waals surface area contributed by atoms with Crippen molar-refractivity contribution >= 4 is 39.7 Å². The number of nitrogens with one attached hydrogen (secondary N) is 1. The Balaban J connectivity index is 1.59. The van der Waals surface area contributed by atoms with E-state index >= 15 is 0 Å². The molecule has 2 aromatic carbocycles. The van der Waals surface area contributed by atoms with E-state index in [4.69, 9.17) is 14.2 Å². The molecule has 0 aliphatic carbocycles. The Kier molecular flexibility index (Phi) is 7.08. The fraction of sp³-hybridized carbons (Fsp3) is 0.192. The standard InChI is InChI=1S/C26H24N2O5S/c1-4-32-26(30)23-16(2)22-24(29)27-21(28-25(22)34-23)13-11-17-10-12-19(31-3)20(14-17)33-15-18-8-6-5-7-9-18/h5-14H,4,15H2,1-3H3,(H,27,28,29)/b13-11+. The number of carbonyl (C=O) groups is 1. The van der Waals surface area contributed by atoms with Crippen LogP contribution in [0.3, 0.4) is 0 Å². The summed E-state index contributed by atoms with van der Waals surface area (Å²) in [6.45, 7) is 4.15. The molecule has 7 nitrogen and oxygen atoms in total. The molecule has 2 heterocycles. The number of aromatic nitrogens is 2. The summed E-state index contributed by atoms with van der Waals surface area (Å²) in [7, 11) is 1.59. The zero-order valence-corrected chi connectivity index (χ0v) is 19.9. The third-order valence-corrected chi connectivity index (χ3v) is 6.30. The number of thiophene rings is 1. The second-order valence-electron chi connectivity index (χ2n) is 7.43. The third kappa shape index (κ3) is 5.02. The maximum atomic E-state index is 12.7. The number of esters is 1. The number of carbonyl (C=O) groups excluding carboxylic acids is 1. The van der Waals surface area contributed by atoms with Gasteiger partial charge in [-0.05, 0) is 48.7 Å². The number of ether oxygens (including phenoxy) is 3. The molecule has 0 bridgehead atoms. The molecule has 0 unspecified atom stereocenters. The molecule has 0 spiro atoms. The zero-order valence-electron chi connectivity index (χ0n) is 19.1. The van der Waals surface area contributed by atoms with Gasteiger partial charge >= 0.3 is 5.97 Å². The zero-order chi connectivity index (χ0) is 24.1. The molecule has 0 amide bonds. The van der Waals surface area contributed by atoms with Gasteiger partial charge in [0, 0.05) is 0 Å². The number of aryl methyl sites for hydroxylation is 1. The van der Waals surface area contributed by atoms with Crippen LogP contribution >= 0.6 is 11.3 Å². The van der Waals surface area contributed by atoms with E-state index in [1.54, 1.807) is 27.0 Å². The van der Waals surface area contributed by atoms with Crippen molar-refractivity contribution in [1.82, 2.24) is 9.97 Å². The molecule has 4 aromatic rings. The lowest BCUT2D eigenvalue weighted by molar-refractivity contribution is 0.0531.